The molecule has 2 saturated heterocycles. The number of carbonyl (C=O) groups excluding carboxylic acids is 2. The number of benzene rings is 1. The van der Waals surface area contributed by atoms with E-state index in [0.717, 1.165) is 57.8 Å². The fourth-order valence-electron chi connectivity index (χ4n) is 3.98. The van der Waals surface area contributed by atoms with Crippen LogP contribution in [-0.4, -0.2) is 85.4 Å². The smallest absolute Gasteiger partial charge is 0.254 e. The summed E-state index contributed by atoms with van der Waals surface area (Å²) in [6.45, 7) is 9.22. The third kappa shape index (κ3) is 6.04. The Hall–Kier alpha value is -1.92. The Morgan fingerprint density at radius 3 is 2.36 bits per heavy atom. The third-order valence-corrected chi connectivity index (χ3v) is 5.73. The zero-order valence-corrected chi connectivity index (χ0v) is 17.2. The summed E-state index contributed by atoms with van der Waals surface area (Å²) in [5.41, 5.74) is 1.79. The summed E-state index contributed by atoms with van der Waals surface area (Å²) in [7, 11) is 0. The van der Waals surface area contributed by atoms with Crippen molar-refractivity contribution in [2.45, 2.75) is 32.6 Å². The molecule has 0 saturated carbocycles. The van der Waals surface area contributed by atoms with Gasteiger partial charge < -0.3 is 20.0 Å². The van der Waals surface area contributed by atoms with E-state index in [1.54, 1.807) is 4.90 Å². The maximum Gasteiger partial charge on any atom is 0.254 e. The maximum absolute atomic E-state index is 13.1. The van der Waals surface area contributed by atoms with E-state index in [2.05, 4.69) is 10.2 Å². The Bertz CT molecular complexity index is 634. The van der Waals surface area contributed by atoms with Crippen LogP contribution < -0.4 is 5.32 Å². The highest BCUT2D eigenvalue weighted by molar-refractivity contribution is 5.96. The molecule has 6 heteroatoms. The Balaban J connectivity index is 1.60. The number of piperazine rings is 1. The molecule has 3 rings (SSSR count). The highest BCUT2D eigenvalue weighted by Crippen LogP contribution is 2.11. The molecule has 1 N–H and O–H groups in total. The topological polar surface area (TPSA) is 55.9 Å². The van der Waals surface area contributed by atoms with Crippen LogP contribution in [0.5, 0.6) is 0 Å². The molecule has 6 nitrogen and oxygen atoms in total. The van der Waals surface area contributed by atoms with Crippen molar-refractivity contribution < 1.29 is 9.59 Å². The van der Waals surface area contributed by atoms with Gasteiger partial charge in [-0.15, -0.1) is 0 Å². The van der Waals surface area contributed by atoms with E-state index in [-0.39, 0.29) is 18.4 Å². The van der Waals surface area contributed by atoms with E-state index in [1.165, 1.54) is 19.3 Å². The minimum absolute atomic E-state index is 0.0397. The van der Waals surface area contributed by atoms with E-state index < -0.39 is 0 Å². The van der Waals surface area contributed by atoms with Crippen LogP contribution in [0.25, 0.3) is 0 Å². The van der Waals surface area contributed by atoms with Gasteiger partial charge >= 0.3 is 0 Å². The van der Waals surface area contributed by atoms with Gasteiger partial charge in [0.25, 0.3) is 5.91 Å². The Kier molecular flexibility index (Phi) is 7.86. The number of amides is 2. The number of likely N-dealkylation sites (tertiary alicyclic amines) is 1. The second-order valence-corrected chi connectivity index (χ2v) is 7.98. The molecule has 0 unspecified atom stereocenters. The van der Waals surface area contributed by atoms with Crippen LogP contribution in [0.2, 0.25) is 0 Å². The van der Waals surface area contributed by atoms with E-state index in [1.807, 2.05) is 36.1 Å². The summed E-state index contributed by atoms with van der Waals surface area (Å²) in [5.74, 6) is 0.0158. The monoisotopic (exact) mass is 386 g/mol. The molecule has 1 aromatic carbocycles. The first kappa shape index (κ1) is 20.8. The third-order valence-electron chi connectivity index (χ3n) is 5.73. The minimum atomic E-state index is -0.0397. The fourth-order valence-corrected chi connectivity index (χ4v) is 3.98. The predicted octanol–water partition coefficient (Wildman–Crippen LogP) is 1.75. The van der Waals surface area contributed by atoms with Gasteiger partial charge in [0.1, 0.15) is 6.54 Å². The lowest BCUT2D eigenvalue weighted by molar-refractivity contribution is -0.132. The highest BCUT2D eigenvalue weighted by Gasteiger charge is 2.23. The summed E-state index contributed by atoms with van der Waals surface area (Å²) in [4.78, 5) is 31.9. The molecule has 0 bridgehead atoms. The molecule has 0 aromatic heterocycles. The molecular weight excluding hydrogens is 352 g/mol. The number of rotatable bonds is 7. The largest absolute Gasteiger partial charge is 0.339 e. The van der Waals surface area contributed by atoms with Crippen molar-refractivity contribution in [1.82, 2.24) is 20.0 Å². The van der Waals surface area contributed by atoms with Gasteiger partial charge in [0.05, 0.1) is 0 Å². The second-order valence-electron chi connectivity index (χ2n) is 7.98. The van der Waals surface area contributed by atoms with Crippen LogP contribution in [0.3, 0.4) is 0 Å². The summed E-state index contributed by atoms with van der Waals surface area (Å²) in [6, 6.07) is 7.64. The molecule has 0 radical (unpaired) electrons. The SMILES string of the molecule is Cc1ccc(C(=O)N(CCCN2CCCCC2)CC(=O)N2CCNCC2)cc1. The van der Waals surface area contributed by atoms with Gasteiger partial charge in [-0.25, -0.2) is 0 Å². The van der Waals surface area contributed by atoms with E-state index in [0.29, 0.717) is 12.1 Å². The number of carbonyl (C=O) groups is 2. The number of nitrogens with one attached hydrogen (secondary N) is 1. The van der Waals surface area contributed by atoms with Crippen LogP contribution >= 0.6 is 0 Å². The first-order valence-electron chi connectivity index (χ1n) is 10.7. The van der Waals surface area contributed by atoms with Gasteiger partial charge in [0.2, 0.25) is 5.91 Å². The summed E-state index contributed by atoms with van der Waals surface area (Å²) >= 11 is 0. The zero-order valence-electron chi connectivity index (χ0n) is 17.2. The van der Waals surface area contributed by atoms with Crippen LogP contribution in [0.4, 0.5) is 0 Å². The van der Waals surface area contributed by atoms with Crippen LogP contribution in [-0.2, 0) is 4.79 Å². The normalized spacial score (nSPS) is 18.1. The molecule has 2 aliphatic rings. The van der Waals surface area contributed by atoms with Crippen molar-refractivity contribution in [3.05, 3.63) is 35.4 Å². The summed E-state index contributed by atoms with van der Waals surface area (Å²) < 4.78 is 0. The quantitative estimate of drug-likeness (QED) is 0.776. The van der Waals surface area contributed by atoms with Gasteiger partial charge in [-0.1, -0.05) is 24.1 Å². The number of piperidine rings is 1. The van der Waals surface area contributed by atoms with Crippen LogP contribution in [0.15, 0.2) is 24.3 Å². The van der Waals surface area contributed by atoms with Crippen molar-refractivity contribution in [2.24, 2.45) is 0 Å². The second kappa shape index (κ2) is 10.6. The molecule has 154 valence electrons. The zero-order chi connectivity index (χ0) is 19.8. The predicted molar refractivity (Wildman–Crippen MR) is 111 cm³/mol. The van der Waals surface area contributed by atoms with Crippen LogP contribution in [0, 0.1) is 6.92 Å². The van der Waals surface area contributed by atoms with E-state index in [4.69, 9.17) is 0 Å². The van der Waals surface area contributed by atoms with E-state index >= 15 is 0 Å². The summed E-state index contributed by atoms with van der Waals surface area (Å²) in [5, 5.41) is 3.27. The molecular formula is C22H34N4O2. The Morgan fingerprint density at radius 2 is 1.68 bits per heavy atom. The molecule has 2 heterocycles. The molecule has 1 aromatic rings. The lowest BCUT2D eigenvalue weighted by atomic mass is 10.1. The van der Waals surface area contributed by atoms with Crippen molar-refractivity contribution in [3.8, 4) is 0 Å². The van der Waals surface area contributed by atoms with Gasteiger partial charge in [0.15, 0.2) is 0 Å². The lowest BCUT2D eigenvalue weighted by Crippen LogP contribution is -2.50. The Labute approximate surface area is 168 Å². The van der Waals surface area contributed by atoms with Gasteiger partial charge in [-0.3, -0.25) is 9.59 Å². The van der Waals surface area contributed by atoms with Gasteiger partial charge in [-0.2, -0.15) is 0 Å². The van der Waals surface area contributed by atoms with Crippen molar-refractivity contribution in [2.75, 3.05) is 58.9 Å². The van der Waals surface area contributed by atoms with Gasteiger partial charge in [-0.05, 0) is 58.0 Å². The average molecular weight is 387 g/mol. The first-order chi connectivity index (χ1) is 13.6. The average Bonchev–Trinajstić information content (AvgIpc) is 2.74. The number of aryl methyl sites for hydroxylation is 1. The molecule has 0 spiro atoms. The van der Waals surface area contributed by atoms with Gasteiger partial charge in [0, 0.05) is 38.3 Å². The fraction of sp³-hybridized carbons (Fsp3) is 0.636. The molecule has 2 amide bonds. The lowest BCUT2D eigenvalue weighted by Gasteiger charge is -2.31. The highest BCUT2D eigenvalue weighted by atomic mass is 16.2. The van der Waals surface area contributed by atoms with Crippen molar-refractivity contribution in [3.63, 3.8) is 0 Å². The van der Waals surface area contributed by atoms with Crippen molar-refractivity contribution >= 4 is 11.8 Å². The molecule has 2 aliphatic heterocycles. The molecule has 0 aliphatic carbocycles. The molecule has 28 heavy (non-hydrogen) atoms. The maximum atomic E-state index is 13.1. The molecule has 0 atom stereocenters. The minimum Gasteiger partial charge on any atom is -0.339 e. The number of hydrogen-bond donors (Lipinski definition) is 1. The standard InChI is InChI=1S/C22H34N4O2/c1-19-6-8-20(9-7-19)22(28)26(15-5-14-24-12-3-2-4-13-24)18-21(27)25-16-10-23-11-17-25/h6-9,23H,2-5,10-18H2,1H3. The van der Waals surface area contributed by atoms with Crippen molar-refractivity contribution in [1.29, 1.82) is 0 Å². The molecule has 2 fully saturated rings. The van der Waals surface area contributed by atoms with Crippen LogP contribution in [0.1, 0.15) is 41.6 Å². The summed E-state index contributed by atoms with van der Waals surface area (Å²) in [6.07, 6.45) is 4.78. The number of hydrogen-bond acceptors (Lipinski definition) is 4. The Morgan fingerprint density at radius 1 is 1.00 bits per heavy atom. The number of nitrogens with zero attached hydrogens (tertiary/aromatic N) is 3. The van der Waals surface area contributed by atoms with E-state index in [9.17, 15) is 9.59 Å². The first-order valence-corrected chi connectivity index (χ1v) is 10.7.